The Morgan fingerprint density at radius 2 is 1.84 bits per heavy atom. The van der Waals surface area contributed by atoms with E-state index in [2.05, 4.69) is 13.5 Å². The topological polar surface area (TPSA) is 0 Å². The number of allylic oxidation sites excluding steroid dienone is 1. The first-order valence-corrected chi connectivity index (χ1v) is 8.95. The van der Waals surface area contributed by atoms with E-state index in [1.807, 2.05) is 0 Å². The number of hydrogen-bond donors (Lipinski definition) is 0. The molecule has 0 atom stereocenters. The van der Waals surface area contributed by atoms with Gasteiger partial charge in [0.1, 0.15) is 11.6 Å². The quantitative estimate of drug-likeness (QED) is 0.540. The molecule has 0 amide bonds. The van der Waals surface area contributed by atoms with Crippen molar-refractivity contribution in [3.05, 3.63) is 59.7 Å². The third kappa shape index (κ3) is 3.51. The van der Waals surface area contributed by atoms with Gasteiger partial charge in [0.2, 0.25) is 0 Å². The lowest BCUT2D eigenvalue weighted by Crippen LogP contribution is -2.15. The van der Waals surface area contributed by atoms with Gasteiger partial charge in [0, 0.05) is 16.9 Å². The molecule has 0 bridgehead atoms. The van der Waals surface area contributed by atoms with Crippen LogP contribution in [-0.4, -0.2) is 0 Å². The van der Waals surface area contributed by atoms with E-state index >= 15 is 0 Å². The molecule has 0 N–H and O–H groups in total. The normalized spacial score (nSPS) is 21.9. The largest absolute Gasteiger partial charge is 0.208 e. The minimum absolute atomic E-state index is 0.283. The molecule has 1 aliphatic rings. The predicted molar refractivity (Wildman–Crippen MR) is 98.9 cm³/mol. The summed E-state index contributed by atoms with van der Waals surface area (Å²) < 4.78 is 44.0. The van der Waals surface area contributed by atoms with Crippen LogP contribution in [0, 0.1) is 17.7 Å². The molecule has 1 aliphatic carbocycles. The Morgan fingerprint density at radius 3 is 2.48 bits per heavy atom. The van der Waals surface area contributed by atoms with Crippen molar-refractivity contribution in [3.63, 3.8) is 0 Å². The molecule has 0 unspecified atom stereocenters. The van der Waals surface area contributed by atoms with E-state index in [4.69, 9.17) is 0 Å². The van der Waals surface area contributed by atoms with Crippen molar-refractivity contribution in [3.8, 4) is 0 Å². The molecule has 1 saturated carbocycles. The number of benzene rings is 2. The summed E-state index contributed by atoms with van der Waals surface area (Å²) >= 11 is 0. The van der Waals surface area contributed by atoms with E-state index in [0.717, 1.165) is 24.8 Å². The molecule has 25 heavy (non-hydrogen) atoms. The summed E-state index contributed by atoms with van der Waals surface area (Å²) in [6.07, 6.45) is 5.83. The van der Waals surface area contributed by atoms with Gasteiger partial charge in [0.05, 0.1) is 0 Å². The fourth-order valence-electron chi connectivity index (χ4n) is 3.74. The molecule has 0 nitrogen and oxygen atoms in total. The van der Waals surface area contributed by atoms with Crippen LogP contribution in [0.1, 0.15) is 50.2 Å². The first-order chi connectivity index (χ1) is 12.0. The second kappa shape index (κ2) is 7.47. The third-order valence-corrected chi connectivity index (χ3v) is 5.44. The molecule has 3 rings (SSSR count). The molecule has 0 radical (unpaired) electrons. The Morgan fingerprint density at radius 1 is 1.12 bits per heavy atom. The van der Waals surface area contributed by atoms with Crippen molar-refractivity contribution < 1.29 is 13.2 Å². The summed E-state index contributed by atoms with van der Waals surface area (Å²) in [7, 11) is 0. The van der Waals surface area contributed by atoms with Crippen LogP contribution in [0.3, 0.4) is 0 Å². The Balaban J connectivity index is 1.94. The zero-order valence-corrected chi connectivity index (χ0v) is 14.5. The molecule has 2 aromatic rings. The molecular formula is C22H23F3. The van der Waals surface area contributed by atoms with E-state index in [0.29, 0.717) is 29.5 Å². The first kappa shape index (κ1) is 17.8. The third-order valence-electron chi connectivity index (χ3n) is 5.44. The van der Waals surface area contributed by atoms with Gasteiger partial charge in [0.15, 0.2) is 5.83 Å². The lowest BCUT2D eigenvalue weighted by Gasteiger charge is -2.27. The van der Waals surface area contributed by atoms with E-state index in [-0.39, 0.29) is 5.56 Å². The van der Waals surface area contributed by atoms with Gasteiger partial charge >= 0.3 is 0 Å². The van der Waals surface area contributed by atoms with E-state index < -0.39 is 23.4 Å². The highest BCUT2D eigenvalue weighted by atomic mass is 19.2. The SMILES string of the molecule is C=Cc1ccc2c(F)c(C(F)=C(F)C3CCC(CC)CC3)ccc2c1. The number of fused-ring (bicyclic) bond motifs is 1. The molecule has 0 aliphatic heterocycles. The monoisotopic (exact) mass is 344 g/mol. The highest BCUT2D eigenvalue weighted by Crippen LogP contribution is 2.39. The molecule has 132 valence electrons. The van der Waals surface area contributed by atoms with Crippen molar-refractivity contribution in [1.29, 1.82) is 0 Å². The highest BCUT2D eigenvalue weighted by molar-refractivity contribution is 5.88. The second-order valence-electron chi connectivity index (χ2n) is 6.90. The summed E-state index contributed by atoms with van der Waals surface area (Å²) in [6, 6.07) is 8.03. The summed E-state index contributed by atoms with van der Waals surface area (Å²) in [5, 5.41) is 0.941. The standard InChI is InChI=1S/C22H23F3/c1-3-14-5-8-16(9-6-14)20(23)22(25)19-12-10-17-13-15(4-2)7-11-18(17)21(19)24/h4,7,10-14,16H,2-3,5-6,8-9H2,1H3. The number of rotatable bonds is 4. The lowest BCUT2D eigenvalue weighted by molar-refractivity contribution is 0.268. The summed E-state index contributed by atoms with van der Waals surface area (Å²) in [4.78, 5) is 0. The summed E-state index contributed by atoms with van der Waals surface area (Å²) in [6.45, 7) is 5.81. The summed E-state index contributed by atoms with van der Waals surface area (Å²) in [5.41, 5.74) is 0.573. The first-order valence-electron chi connectivity index (χ1n) is 8.95. The smallest absolute Gasteiger partial charge is 0.165 e. The minimum atomic E-state index is -1.05. The van der Waals surface area contributed by atoms with Crippen LogP contribution in [0.25, 0.3) is 22.7 Å². The average Bonchev–Trinajstić information content (AvgIpc) is 2.67. The fraction of sp³-hybridized carbons (Fsp3) is 0.364. The van der Waals surface area contributed by atoms with Gasteiger partial charge in [-0.15, -0.1) is 0 Å². The molecule has 0 spiro atoms. The molecule has 2 aromatic carbocycles. The molecule has 0 aromatic heterocycles. The predicted octanol–water partition coefficient (Wildman–Crippen LogP) is 7.45. The van der Waals surface area contributed by atoms with E-state index in [1.54, 1.807) is 30.3 Å². The Kier molecular flexibility index (Phi) is 5.31. The molecule has 1 fully saturated rings. The van der Waals surface area contributed by atoms with E-state index in [1.165, 1.54) is 6.07 Å². The Hall–Kier alpha value is -2.03. The lowest BCUT2D eigenvalue weighted by atomic mass is 9.80. The van der Waals surface area contributed by atoms with Gasteiger partial charge in [-0.25, -0.2) is 13.2 Å². The van der Waals surface area contributed by atoms with Crippen molar-refractivity contribution in [2.45, 2.75) is 39.0 Å². The number of halogens is 3. The molecular weight excluding hydrogens is 321 g/mol. The minimum Gasteiger partial charge on any atom is -0.208 e. The van der Waals surface area contributed by atoms with Crippen LogP contribution in [0.2, 0.25) is 0 Å². The van der Waals surface area contributed by atoms with Crippen LogP contribution in [0.5, 0.6) is 0 Å². The zero-order valence-electron chi connectivity index (χ0n) is 14.5. The van der Waals surface area contributed by atoms with Crippen molar-refractivity contribution in [2.75, 3.05) is 0 Å². The van der Waals surface area contributed by atoms with Crippen LogP contribution in [0.4, 0.5) is 13.2 Å². The van der Waals surface area contributed by atoms with Gasteiger partial charge in [-0.2, -0.15) is 0 Å². The number of hydrogen-bond acceptors (Lipinski definition) is 0. The molecule has 3 heteroatoms. The van der Waals surface area contributed by atoms with Gasteiger partial charge in [0.25, 0.3) is 0 Å². The summed E-state index contributed by atoms with van der Waals surface area (Å²) in [5.74, 6) is -2.38. The van der Waals surface area contributed by atoms with Crippen LogP contribution < -0.4 is 0 Å². The Bertz CT molecular complexity index is 811. The average molecular weight is 344 g/mol. The van der Waals surface area contributed by atoms with Crippen LogP contribution >= 0.6 is 0 Å². The van der Waals surface area contributed by atoms with E-state index in [9.17, 15) is 13.2 Å². The maximum atomic E-state index is 14.7. The Labute approximate surface area is 147 Å². The molecule has 0 heterocycles. The zero-order chi connectivity index (χ0) is 18.0. The maximum absolute atomic E-state index is 14.7. The van der Waals surface area contributed by atoms with Crippen molar-refractivity contribution in [1.82, 2.24) is 0 Å². The van der Waals surface area contributed by atoms with Gasteiger partial charge in [-0.3, -0.25) is 0 Å². The second-order valence-corrected chi connectivity index (χ2v) is 6.90. The van der Waals surface area contributed by atoms with Crippen molar-refractivity contribution in [2.24, 2.45) is 11.8 Å². The van der Waals surface area contributed by atoms with Gasteiger partial charge < -0.3 is 0 Å². The maximum Gasteiger partial charge on any atom is 0.165 e. The van der Waals surface area contributed by atoms with Gasteiger partial charge in [-0.05, 0) is 54.7 Å². The fourth-order valence-corrected chi connectivity index (χ4v) is 3.74. The highest BCUT2D eigenvalue weighted by Gasteiger charge is 2.27. The van der Waals surface area contributed by atoms with Crippen LogP contribution in [-0.2, 0) is 0 Å². The molecule has 0 saturated heterocycles. The van der Waals surface area contributed by atoms with Crippen LogP contribution in [0.15, 0.2) is 42.7 Å². The van der Waals surface area contributed by atoms with Crippen molar-refractivity contribution >= 4 is 22.7 Å². The van der Waals surface area contributed by atoms with Gasteiger partial charge in [-0.1, -0.05) is 44.2 Å².